The Morgan fingerprint density at radius 2 is 1.95 bits per heavy atom. The van der Waals surface area contributed by atoms with E-state index >= 15 is 0 Å². The molecule has 0 radical (unpaired) electrons. The minimum absolute atomic E-state index is 0.0843. The van der Waals surface area contributed by atoms with E-state index in [-0.39, 0.29) is 5.91 Å². The molecule has 0 fully saturated rings. The van der Waals surface area contributed by atoms with Gasteiger partial charge in [-0.05, 0) is 24.3 Å². The molecule has 2 aromatic carbocycles. The zero-order valence-corrected chi connectivity index (χ0v) is 13.3. The average Bonchev–Trinajstić information content (AvgIpc) is 2.88. The lowest BCUT2D eigenvalue weighted by molar-refractivity contribution is -0.113. The van der Waals surface area contributed by atoms with Gasteiger partial charge >= 0.3 is 0 Å². The maximum atomic E-state index is 12.0. The number of carbonyl (C=O) groups is 1. The Kier molecular flexibility index (Phi) is 4.43. The molecular weight excluding hydrogens is 324 g/mol. The van der Waals surface area contributed by atoms with E-state index in [1.807, 2.05) is 48.5 Å². The fourth-order valence-electron chi connectivity index (χ4n) is 1.79. The summed E-state index contributed by atoms with van der Waals surface area (Å²) in [4.78, 5) is 17.2. The molecule has 1 amide bonds. The minimum Gasteiger partial charge on any atom is -0.301 e. The van der Waals surface area contributed by atoms with E-state index in [1.54, 1.807) is 0 Å². The summed E-state index contributed by atoms with van der Waals surface area (Å²) in [6, 6.07) is 15.3. The summed E-state index contributed by atoms with van der Waals surface area (Å²) in [7, 11) is 0. The van der Waals surface area contributed by atoms with E-state index in [9.17, 15) is 4.79 Å². The summed E-state index contributed by atoms with van der Waals surface area (Å²) in [5.41, 5.74) is 0.900. The predicted octanol–water partition coefficient (Wildman–Crippen LogP) is 4.68. The first-order chi connectivity index (χ1) is 10.2. The molecule has 0 saturated carbocycles. The van der Waals surface area contributed by atoms with Gasteiger partial charge in [-0.25, -0.2) is 4.98 Å². The van der Waals surface area contributed by atoms with Gasteiger partial charge in [0.2, 0.25) is 5.91 Å². The first kappa shape index (κ1) is 14.4. The molecule has 6 heteroatoms. The molecule has 0 atom stereocenters. The second kappa shape index (κ2) is 6.47. The molecule has 3 rings (SSSR count). The van der Waals surface area contributed by atoms with Crippen molar-refractivity contribution < 1.29 is 4.79 Å². The van der Waals surface area contributed by atoms with E-state index in [2.05, 4.69) is 10.3 Å². The summed E-state index contributed by atoms with van der Waals surface area (Å²) < 4.78 is 1.06. The van der Waals surface area contributed by atoms with E-state index in [0.29, 0.717) is 15.9 Å². The number of benzene rings is 2. The zero-order chi connectivity index (χ0) is 14.7. The standard InChI is InChI=1S/C15H11ClN2OS2/c16-10-5-1-3-7-12(10)20-9-14(19)18-15-17-11-6-2-4-8-13(11)21-15/h1-8H,9H2,(H,17,18,19). The molecular formula is C15H11ClN2OS2. The second-order valence-corrected chi connectivity index (χ2v) is 6.71. The monoisotopic (exact) mass is 334 g/mol. The van der Waals surface area contributed by atoms with Crippen LogP contribution in [0.3, 0.4) is 0 Å². The summed E-state index contributed by atoms with van der Waals surface area (Å²) in [6.45, 7) is 0. The molecule has 0 unspecified atom stereocenters. The molecule has 0 aliphatic rings. The van der Waals surface area contributed by atoms with E-state index in [0.717, 1.165) is 15.1 Å². The lowest BCUT2D eigenvalue weighted by atomic mass is 10.3. The predicted molar refractivity (Wildman–Crippen MR) is 90.4 cm³/mol. The lowest BCUT2D eigenvalue weighted by Crippen LogP contribution is -2.13. The van der Waals surface area contributed by atoms with Gasteiger partial charge in [0.15, 0.2) is 5.13 Å². The molecule has 1 heterocycles. The lowest BCUT2D eigenvalue weighted by Gasteiger charge is -2.03. The Bertz CT molecular complexity index is 755. The number of hydrogen-bond acceptors (Lipinski definition) is 4. The van der Waals surface area contributed by atoms with Crippen molar-refractivity contribution in [2.45, 2.75) is 4.90 Å². The van der Waals surface area contributed by atoms with Crippen LogP contribution in [0.25, 0.3) is 10.2 Å². The van der Waals surface area contributed by atoms with Crippen molar-refractivity contribution in [3.05, 3.63) is 53.6 Å². The number of halogens is 1. The molecule has 0 aliphatic carbocycles. The van der Waals surface area contributed by atoms with Gasteiger partial charge in [-0.1, -0.05) is 47.2 Å². The van der Waals surface area contributed by atoms with Crippen LogP contribution in [0.4, 0.5) is 5.13 Å². The van der Waals surface area contributed by atoms with Gasteiger partial charge in [0.25, 0.3) is 0 Å². The highest BCUT2D eigenvalue weighted by atomic mass is 35.5. The number of nitrogens with one attached hydrogen (secondary N) is 1. The molecule has 106 valence electrons. The SMILES string of the molecule is O=C(CSc1ccccc1Cl)Nc1nc2ccccc2s1. The molecule has 1 aromatic heterocycles. The zero-order valence-electron chi connectivity index (χ0n) is 10.9. The molecule has 0 bridgehead atoms. The van der Waals surface area contributed by atoms with Crippen molar-refractivity contribution in [1.29, 1.82) is 0 Å². The minimum atomic E-state index is -0.0843. The summed E-state index contributed by atoms with van der Waals surface area (Å²) in [5, 5.41) is 4.11. The Morgan fingerprint density at radius 1 is 1.19 bits per heavy atom. The highest BCUT2D eigenvalue weighted by molar-refractivity contribution is 8.00. The van der Waals surface area contributed by atoms with Gasteiger partial charge in [0.1, 0.15) is 0 Å². The average molecular weight is 335 g/mol. The molecule has 21 heavy (non-hydrogen) atoms. The van der Waals surface area contributed by atoms with Gasteiger partial charge < -0.3 is 5.32 Å². The summed E-state index contributed by atoms with van der Waals surface area (Å²) in [5.74, 6) is 0.221. The van der Waals surface area contributed by atoms with Crippen molar-refractivity contribution in [2.75, 3.05) is 11.1 Å². The van der Waals surface area contributed by atoms with Crippen molar-refractivity contribution in [1.82, 2.24) is 4.98 Å². The molecule has 3 aromatic rings. The van der Waals surface area contributed by atoms with Gasteiger partial charge in [-0.2, -0.15) is 0 Å². The summed E-state index contributed by atoms with van der Waals surface area (Å²) >= 11 is 8.94. The number of rotatable bonds is 4. The van der Waals surface area contributed by atoms with Crippen LogP contribution in [0.5, 0.6) is 0 Å². The Labute approximate surface area is 135 Å². The molecule has 0 saturated heterocycles. The third-order valence-electron chi connectivity index (χ3n) is 2.74. The Balaban J connectivity index is 1.62. The van der Waals surface area contributed by atoms with Crippen molar-refractivity contribution in [3.8, 4) is 0 Å². The number of para-hydroxylation sites is 1. The molecule has 0 aliphatic heterocycles. The van der Waals surface area contributed by atoms with Crippen LogP contribution >= 0.6 is 34.7 Å². The van der Waals surface area contributed by atoms with Crippen molar-refractivity contribution in [2.24, 2.45) is 0 Å². The van der Waals surface area contributed by atoms with Crippen molar-refractivity contribution in [3.63, 3.8) is 0 Å². The molecule has 0 spiro atoms. The number of nitrogens with zero attached hydrogens (tertiary/aromatic N) is 1. The van der Waals surface area contributed by atoms with Crippen molar-refractivity contribution >= 4 is 56.0 Å². The Hall–Kier alpha value is -1.56. The van der Waals surface area contributed by atoms with Crippen LogP contribution in [0, 0.1) is 0 Å². The van der Waals surface area contributed by atoms with Gasteiger partial charge in [0, 0.05) is 4.90 Å². The number of amides is 1. The van der Waals surface area contributed by atoms with Crippen LogP contribution in [0.1, 0.15) is 0 Å². The smallest absolute Gasteiger partial charge is 0.236 e. The largest absolute Gasteiger partial charge is 0.301 e. The van der Waals surface area contributed by atoms with Gasteiger partial charge in [0.05, 0.1) is 21.0 Å². The van der Waals surface area contributed by atoms with Crippen LogP contribution in [0.15, 0.2) is 53.4 Å². The highest BCUT2D eigenvalue weighted by Gasteiger charge is 2.09. The maximum Gasteiger partial charge on any atom is 0.236 e. The number of carbonyl (C=O) groups excluding carboxylic acids is 1. The number of thioether (sulfide) groups is 1. The molecule has 3 nitrogen and oxygen atoms in total. The van der Waals surface area contributed by atoms with Crippen LogP contribution in [0.2, 0.25) is 5.02 Å². The number of fused-ring (bicyclic) bond motifs is 1. The Morgan fingerprint density at radius 3 is 2.76 bits per heavy atom. The third kappa shape index (κ3) is 3.56. The summed E-state index contributed by atoms with van der Waals surface area (Å²) in [6.07, 6.45) is 0. The van der Waals surface area contributed by atoms with E-state index in [1.165, 1.54) is 23.1 Å². The number of aromatic nitrogens is 1. The van der Waals surface area contributed by atoms with E-state index in [4.69, 9.17) is 11.6 Å². The van der Waals surface area contributed by atoms with E-state index < -0.39 is 0 Å². The van der Waals surface area contributed by atoms with Gasteiger partial charge in [-0.3, -0.25) is 4.79 Å². The number of thiazole rings is 1. The first-order valence-electron chi connectivity index (χ1n) is 6.25. The van der Waals surface area contributed by atoms with Crippen LogP contribution in [-0.4, -0.2) is 16.6 Å². The second-order valence-electron chi connectivity index (χ2n) is 4.25. The maximum absolute atomic E-state index is 12.0. The fourth-order valence-corrected chi connectivity index (χ4v) is 3.71. The van der Waals surface area contributed by atoms with Crippen LogP contribution < -0.4 is 5.32 Å². The van der Waals surface area contributed by atoms with Gasteiger partial charge in [-0.15, -0.1) is 11.8 Å². The number of anilines is 1. The topological polar surface area (TPSA) is 42.0 Å². The van der Waals surface area contributed by atoms with Crippen LogP contribution in [-0.2, 0) is 4.79 Å². The quantitative estimate of drug-likeness (QED) is 0.704. The molecule has 1 N–H and O–H groups in total. The highest BCUT2D eigenvalue weighted by Crippen LogP contribution is 2.28. The third-order valence-corrected chi connectivity index (χ3v) is 5.20. The number of hydrogen-bond donors (Lipinski definition) is 1. The first-order valence-corrected chi connectivity index (χ1v) is 8.43. The fraction of sp³-hybridized carbons (Fsp3) is 0.0667. The normalized spacial score (nSPS) is 10.7.